The number of imidazole rings is 2. The van der Waals surface area contributed by atoms with E-state index in [4.69, 9.17) is 11.6 Å². The normalized spacial score (nSPS) is 11.2. The van der Waals surface area contributed by atoms with Crippen molar-refractivity contribution in [1.82, 2.24) is 19.5 Å². The van der Waals surface area contributed by atoms with Crippen LogP contribution >= 0.6 is 23.4 Å². The van der Waals surface area contributed by atoms with Gasteiger partial charge in [-0.05, 0) is 60.7 Å². The number of nitrogens with zero attached hydrogens (tertiary/aromatic N) is 3. The first-order valence-corrected chi connectivity index (χ1v) is 11.4. The van der Waals surface area contributed by atoms with Crippen LogP contribution in [0.2, 0.25) is 5.02 Å². The maximum atomic E-state index is 13.2. The molecule has 0 atom stereocenters. The fourth-order valence-corrected chi connectivity index (χ4v) is 4.44. The molecular formula is C24H19ClFN5S. The summed E-state index contributed by atoms with van der Waals surface area (Å²) in [6, 6.07) is 22.0. The Labute approximate surface area is 193 Å². The number of thioether (sulfide) groups is 1. The van der Waals surface area contributed by atoms with Crippen LogP contribution in [0.3, 0.4) is 0 Å². The summed E-state index contributed by atoms with van der Waals surface area (Å²) in [5, 5.41) is 4.86. The second-order valence-electron chi connectivity index (χ2n) is 7.19. The van der Waals surface area contributed by atoms with E-state index in [1.54, 1.807) is 23.9 Å². The zero-order valence-corrected chi connectivity index (χ0v) is 18.5. The summed E-state index contributed by atoms with van der Waals surface area (Å²) >= 11 is 7.71. The molecule has 5 aromatic rings. The molecule has 0 unspecified atom stereocenters. The second kappa shape index (κ2) is 9.06. The summed E-state index contributed by atoms with van der Waals surface area (Å²) in [4.78, 5) is 12.7. The highest BCUT2D eigenvalue weighted by molar-refractivity contribution is 7.98. The third-order valence-electron chi connectivity index (χ3n) is 4.98. The summed E-state index contributed by atoms with van der Waals surface area (Å²) in [7, 11) is 0. The zero-order chi connectivity index (χ0) is 21.9. The van der Waals surface area contributed by atoms with E-state index in [1.807, 2.05) is 54.7 Å². The Morgan fingerprint density at radius 3 is 2.56 bits per heavy atom. The molecule has 160 valence electrons. The molecular weight excluding hydrogens is 445 g/mol. The molecule has 0 spiro atoms. The largest absolute Gasteiger partial charge is 0.379 e. The Morgan fingerprint density at radius 1 is 1.00 bits per heavy atom. The van der Waals surface area contributed by atoms with Gasteiger partial charge in [0.05, 0.1) is 35.2 Å². The van der Waals surface area contributed by atoms with Crippen LogP contribution in [0, 0.1) is 5.82 Å². The Hall–Kier alpha value is -3.29. The molecule has 0 saturated carbocycles. The summed E-state index contributed by atoms with van der Waals surface area (Å²) in [6.07, 6.45) is 1.85. The first kappa shape index (κ1) is 20.6. The van der Waals surface area contributed by atoms with Gasteiger partial charge in [0.15, 0.2) is 5.16 Å². The number of fused-ring (bicyclic) bond motifs is 1. The lowest BCUT2D eigenvalue weighted by atomic mass is 10.3. The summed E-state index contributed by atoms with van der Waals surface area (Å²) in [5.41, 5.74) is 4.76. The minimum absolute atomic E-state index is 0.258. The number of rotatable bonds is 7. The lowest BCUT2D eigenvalue weighted by Crippen LogP contribution is -2.07. The van der Waals surface area contributed by atoms with Crippen molar-refractivity contribution in [3.63, 3.8) is 0 Å². The van der Waals surface area contributed by atoms with Crippen molar-refractivity contribution in [3.8, 4) is 5.69 Å². The van der Waals surface area contributed by atoms with E-state index in [2.05, 4.69) is 24.8 Å². The van der Waals surface area contributed by atoms with Gasteiger partial charge >= 0.3 is 0 Å². The Bertz CT molecular complexity index is 1310. The van der Waals surface area contributed by atoms with Crippen molar-refractivity contribution < 1.29 is 4.39 Å². The van der Waals surface area contributed by atoms with Gasteiger partial charge in [0.25, 0.3) is 0 Å². The van der Waals surface area contributed by atoms with Crippen LogP contribution < -0.4 is 5.32 Å². The molecule has 0 saturated heterocycles. The summed E-state index contributed by atoms with van der Waals surface area (Å²) in [5.74, 6) is 1.29. The van der Waals surface area contributed by atoms with Gasteiger partial charge in [-0.3, -0.25) is 4.57 Å². The molecule has 32 heavy (non-hydrogen) atoms. The van der Waals surface area contributed by atoms with E-state index < -0.39 is 0 Å². The standard InChI is InChI=1S/C24H19ClFN5S/c25-16-5-11-19(12-6-16)31-20(13-27-18-9-7-17(26)8-10-18)14-28-24(31)32-15-23-29-21-3-1-2-4-22(21)30-23/h1-12,14,27H,13,15H2,(H,29,30). The molecule has 3 aromatic carbocycles. The number of hydrogen-bond donors (Lipinski definition) is 2. The Kier molecular flexibility index (Phi) is 5.83. The molecule has 0 radical (unpaired) electrons. The van der Waals surface area contributed by atoms with Crippen LogP contribution in [0.25, 0.3) is 16.7 Å². The van der Waals surface area contributed by atoms with Crippen LogP contribution in [-0.2, 0) is 12.3 Å². The molecule has 5 nitrogen and oxygen atoms in total. The molecule has 0 fully saturated rings. The fourth-order valence-electron chi connectivity index (χ4n) is 3.43. The molecule has 8 heteroatoms. The van der Waals surface area contributed by atoms with E-state index in [-0.39, 0.29) is 5.82 Å². The smallest absolute Gasteiger partial charge is 0.173 e. The minimum Gasteiger partial charge on any atom is -0.379 e. The number of aromatic amines is 1. The molecule has 0 aliphatic rings. The van der Waals surface area contributed by atoms with E-state index in [0.29, 0.717) is 17.3 Å². The molecule has 2 aromatic heterocycles. The SMILES string of the molecule is Fc1ccc(NCc2cnc(SCc3nc4ccccc4[nH]3)n2-c2ccc(Cl)cc2)cc1. The van der Waals surface area contributed by atoms with Gasteiger partial charge in [0.1, 0.15) is 11.6 Å². The van der Waals surface area contributed by atoms with Crippen molar-refractivity contribution in [2.45, 2.75) is 17.5 Å². The van der Waals surface area contributed by atoms with Crippen LogP contribution in [-0.4, -0.2) is 19.5 Å². The number of aromatic nitrogens is 4. The Balaban J connectivity index is 1.40. The maximum absolute atomic E-state index is 13.2. The van der Waals surface area contributed by atoms with E-state index in [0.717, 1.165) is 39.1 Å². The highest BCUT2D eigenvalue weighted by Gasteiger charge is 2.14. The van der Waals surface area contributed by atoms with Gasteiger partial charge in [0, 0.05) is 16.4 Å². The topological polar surface area (TPSA) is 58.5 Å². The van der Waals surface area contributed by atoms with Crippen LogP contribution in [0.15, 0.2) is 84.1 Å². The van der Waals surface area contributed by atoms with E-state index >= 15 is 0 Å². The average molecular weight is 464 g/mol. The average Bonchev–Trinajstić information content (AvgIpc) is 3.41. The van der Waals surface area contributed by atoms with Crippen molar-refractivity contribution in [2.75, 3.05) is 5.32 Å². The van der Waals surface area contributed by atoms with E-state index in [9.17, 15) is 4.39 Å². The van der Waals surface area contributed by atoms with Crippen LogP contribution in [0.1, 0.15) is 11.5 Å². The summed E-state index contributed by atoms with van der Waals surface area (Å²) < 4.78 is 15.3. The number of benzene rings is 3. The number of halogens is 2. The fraction of sp³-hybridized carbons (Fsp3) is 0.0833. The third-order valence-corrected chi connectivity index (χ3v) is 6.20. The first-order valence-electron chi connectivity index (χ1n) is 10.0. The van der Waals surface area contributed by atoms with Gasteiger partial charge in [-0.2, -0.15) is 0 Å². The van der Waals surface area contributed by atoms with Gasteiger partial charge in [-0.15, -0.1) is 0 Å². The quantitative estimate of drug-likeness (QED) is 0.272. The van der Waals surface area contributed by atoms with Gasteiger partial charge in [0.2, 0.25) is 0 Å². The molecule has 0 aliphatic carbocycles. The number of H-pyrrole nitrogens is 1. The van der Waals surface area contributed by atoms with Gasteiger partial charge in [-0.1, -0.05) is 35.5 Å². The Morgan fingerprint density at radius 2 is 1.78 bits per heavy atom. The minimum atomic E-state index is -0.258. The molecule has 5 rings (SSSR count). The van der Waals surface area contributed by atoms with Crippen molar-refractivity contribution in [3.05, 3.63) is 101 Å². The van der Waals surface area contributed by atoms with Crippen LogP contribution in [0.5, 0.6) is 0 Å². The number of nitrogens with one attached hydrogen (secondary N) is 2. The molecule has 2 heterocycles. The first-order chi connectivity index (χ1) is 15.7. The lowest BCUT2D eigenvalue weighted by Gasteiger charge is -2.13. The number of anilines is 1. The lowest BCUT2D eigenvalue weighted by molar-refractivity contribution is 0.628. The maximum Gasteiger partial charge on any atom is 0.173 e. The second-order valence-corrected chi connectivity index (χ2v) is 8.57. The molecule has 0 aliphatic heterocycles. The molecule has 0 amide bonds. The molecule has 0 bridgehead atoms. The number of hydrogen-bond acceptors (Lipinski definition) is 4. The third kappa shape index (κ3) is 4.49. The highest BCUT2D eigenvalue weighted by atomic mass is 35.5. The number of para-hydroxylation sites is 2. The van der Waals surface area contributed by atoms with Crippen molar-refractivity contribution >= 4 is 40.1 Å². The highest BCUT2D eigenvalue weighted by Crippen LogP contribution is 2.27. The van der Waals surface area contributed by atoms with Crippen molar-refractivity contribution in [2.24, 2.45) is 0 Å². The van der Waals surface area contributed by atoms with Crippen molar-refractivity contribution in [1.29, 1.82) is 0 Å². The van der Waals surface area contributed by atoms with E-state index in [1.165, 1.54) is 12.1 Å². The summed E-state index contributed by atoms with van der Waals surface area (Å²) in [6.45, 7) is 0.534. The van der Waals surface area contributed by atoms with Crippen LogP contribution in [0.4, 0.5) is 10.1 Å². The predicted octanol–water partition coefficient (Wildman–Crippen LogP) is 6.45. The molecule has 2 N–H and O–H groups in total. The van der Waals surface area contributed by atoms with Gasteiger partial charge < -0.3 is 10.3 Å². The predicted molar refractivity (Wildman–Crippen MR) is 128 cm³/mol. The zero-order valence-electron chi connectivity index (χ0n) is 16.9. The van der Waals surface area contributed by atoms with Gasteiger partial charge in [-0.25, -0.2) is 14.4 Å². The monoisotopic (exact) mass is 463 g/mol.